The van der Waals surface area contributed by atoms with Crippen LogP contribution in [0.4, 0.5) is 0 Å². The molecular formula is C9H16O4. The normalized spacial score (nSPS) is 11.2. The first-order valence-electron chi connectivity index (χ1n) is 4.24. The van der Waals surface area contributed by atoms with Gasteiger partial charge in [-0.05, 0) is 12.5 Å². The lowest BCUT2D eigenvalue weighted by Crippen LogP contribution is -2.09. The topological polar surface area (TPSA) is 55.8 Å². The third-order valence-corrected chi connectivity index (χ3v) is 1.37. The molecule has 0 bridgehead atoms. The van der Waals surface area contributed by atoms with Crippen LogP contribution in [0.3, 0.4) is 0 Å². The van der Waals surface area contributed by atoms with Gasteiger partial charge in [0.2, 0.25) is 0 Å². The molecule has 0 aromatic heterocycles. The molecule has 0 saturated heterocycles. The van der Waals surface area contributed by atoms with Crippen molar-refractivity contribution in [2.45, 2.75) is 19.8 Å². The summed E-state index contributed by atoms with van der Waals surface area (Å²) >= 11 is 0. The Labute approximate surface area is 78.2 Å². The van der Waals surface area contributed by atoms with E-state index in [9.17, 15) is 4.79 Å². The Hall–Kier alpha value is -1.03. The number of allylic oxidation sites excluding steroid dienone is 1. The van der Waals surface area contributed by atoms with Gasteiger partial charge < -0.3 is 14.6 Å². The Morgan fingerprint density at radius 1 is 1.54 bits per heavy atom. The molecule has 76 valence electrons. The molecule has 0 unspecified atom stereocenters. The van der Waals surface area contributed by atoms with Crippen LogP contribution >= 0.6 is 0 Å². The molecule has 0 fully saturated rings. The number of carbonyl (C=O) groups is 1. The summed E-state index contributed by atoms with van der Waals surface area (Å²) in [6.45, 7) is 1.85. The van der Waals surface area contributed by atoms with Crippen LogP contribution in [0.25, 0.3) is 0 Å². The second-order valence-electron chi connectivity index (χ2n) is 2.40. The quantitative estimate of drug-likeness (QED) is 0.496. The van der Waals surface area contributed by atoms with Gasteiger partial charge in [-0.3, -0.25) is 4.79 Å². The second-order valence-corrected chi connectivity index (χ2v) is 2.40. The third-order valence-electron chi connectivity index (χ3n) is 1.37. The number of carbonyl (C=O) groups excluding carboxylic acids is 1. The van der Waals surface area contributed by atoms with Crippen molar-refractivity contribution in [2.75, 3.05) is 20.3 Å². The molecule has 0 aromatic carbocycles. The van der Waals surface area contributed by atoms with Crippen molar-refractivity contribution in [3.8, 4) is 0 Å². The fraction of sp³-hybridized carbons (Fsp3) is 0.667. The molecule has 0 saturated carbocycles. The van der Waals surface area contributed by atoms with Gasteiger partial charge in [0.15, 0.2) is 0 Å². The van der Waals surface area contributed by atoms with Gasteiger partial charge in [-0.25, -0.2) is 0 Å². The minimum Gasteiger partial charge on any atom is -0.501 e. The number of hydrogen-bond donors (Lipinski definition) is 1. The van der Waals surface area contributed by atoms with Crippen LogP contribution in [0.5, 0.6) is 0 Å². The number of methoxy groups -OCH3 is 1. The van der Waals surface area contributed by atoms with Crippen molar-refractivity contribution in [1.29, 1.82) is 0 Å². The number of aliphatic hydroxyl groups is 1. The van der Waals surface area contributed by atoms with Crippen LogP contribution in [-0.4, -0.2) is 31.4 Å². The Morgan fingerprint density at radius 2 is 2.23 bits per heavy atom. The molecule has 0 rings (SSSR count). The smallest absolute Gasteiger partial charge is 0.313 e. The van der Waals surface area contributed by atoms with Crippen LogP contribution in [0.2, 0.25) is 0 Å². The molecule has 0 spiro atoms. The molecule has 0 radical (unpaired) electrons. The maximum Gasteiger partial charge on any atom is 0.313 e. The SMILES string of the molecule is CCC=C(CC(=O)OCCO)OC. The van der Waals surface area contributed by atoms with Gasteiger partial charge in [-0.2, -0.15) is 0 Å². The first-order chi connectivity index (χ1) is 6.24. The number of hydrogen-bond acceptors (Lipinski definition) is 4. The standard InChI is InChI=1S/C9H16O4/c1-3-4-8(12-2)7-9(11)13-6-5-10/h4,10H,3,5-7H2,1-2H3. The molecular weight excluding hydrogens is 172 g/mol. The van der Waals surface area contributed by atoms with E-state index >= 15 is 0 Å². The zero-order chi connectivity index (χ0) is 10.1. The van der Waals surface area contributed by atoms with Gasteiger partial charge in [-0.15, -0.1) is 0 Å². The molecule has 0 aliphatic rings. The van der Waals surface area contributed by atoms with E-state index in [0.717, 1.165) is 6.42 Å². The van der Waals surface area contributed by atoms with Crippen LogP contribution < -0.4 is 0 Å². The lowest BCUT2D eigenvalue weighted by Gasteiger charge is -2.05. The van der Waals surface area contributed by atoms with Gasteiger partial charge in [-0.1, -0.05) is 6.92 Å². The van der Waals surface area contributed by atoms with Crippen molar-refractivity contribution in [3.63, 3.8) is 0 Å². The van der Waals surface area contributed by atoms with Gasteiger partial charge in [0, 0.05) is 0 Å². The van der Waals surface area contributed by atoms with E-state index in [1.165, 1.54) is 7.11 Å². The van der Waals surface area contributed by atoms with Gasteiger partial charge in [0.1, 0.15) is 18.8 Å². The van der Waals surface area contributed by atoms with Gasteiger partial charge >= 0.3 is 5.97 Å². The van der Waals surface area contributed by atoms with Crippen molar-refractivity contribution < 1.29 is 19.4 Å². The van der Waals surface area contributed by atoms with E-state index in [1.807, 2.05) is 13.0 Å². The van der Waals surface area contributed by atoms with Crippen molar-refractivity contribution in [1.82, 2.24) is 0 Å². The van der Waals surface area contributed by atoms with Crippen LogP contribution in [0.1, 0.15) is 19.8 Å². The van der Waals surface area contributed by atoms with Gasteiger partial charge in [0.25, 0.3) is 0 Å². The zero-order valence-electron chi connectivity index (χ0n) is 8.08. The van der Waals surface area contributed by atoms with Crippen molar-refractivity contribution >= 4 is 5.97 Å². The molecule has 4 nitrogen and oxygen atoms in total. The predicted molar refractivity (Wildman–Crippen MR) is 48.0 cm³/mol. The number of aliphatic hydroxyl groups excluding tert-OH is 1. The highest BCUT2D eigenvalue weighted by Crippen LogP contribution is 2.04. The minimum absolute atomic E-state index is 0.0436. The Kier molecular flexibility index (Phi) is 7.01. The first kappa shape index (κ1) is 12.0. The highest BCUT2D eigenvalue weighted by Gasteiger charge is 2.06. The number of ether oxygens (including phenoxy) is 2. The third kappa shape index (κ3) is 6.16. The number of rotatable bonds is 6. The summed E-state index contributed by atoms with van der Waals surface area (Å²) in [5, 5.41) is 8.39. The monoisotopic (exact) mass is 188 g/mol. The summed E-state index contributed by atoms with van der Waals surface area (Å²) in [5.74, 6) is 0.223. The molecule has 0 aromatic rings. The summed E-state index contributed by atoms with van der Waals surface area (Å²) in [7, 11) is 1.51. The molecule has 0 atom stereocenters. The number of esters is 1. The summed E-state index contributed by atoms with van der Waals surface area (Å²) in [6.07, 6.45) is 2.76. The zero-order valence-corrected chi connectivity index (χ0v) is 8.08. The lowest BCUT2D eigenvalue weighted by atomic mass is 10.3. The average molecular weight is 188 g/mol. The maximum atomic E-state index is 11.0. The van der Waals surface area contributed by atoms with E-state index in [1.54, 1.807) is 0 Å². The largest absolute Gasteiger partial charge is 0.501 e. The molecule has 0 heterocycles. The molecule has 4 heteroatoms. The highest BCUT2D eigenvalue weighted by atomic mass is 16.5. The highest BCUT2D eigenvalue weighted by molar-refractivity contribution is 5.71. The predicted octanol–water partition coefficient (Wildman–Crippen LogP) is 0.852. The summed E-state index contributed by atoms with van der Waals surface area (Å²) in [4.78, 5) is 11.0. The van der Waals surface area contributed by atoms with E-state index in [-0.39, 0.29) is 25.6 Å². The molecule has 0 aliphatic carbocycles. The minimum atomic E-state index is -0.379. The molecule has 0 amide bonds. The van der Waals surface area contributed by atoms with E-state index < -0.39 is 0 Å². The fourth-order valence-corrected chi connectivity index (χ4v) is 0.808. The van der Waals surface area contributed by atoms with E-state index in [4.69, 9.17) is 9.84 Å². The van der Waals surface area contributed by atoms with Crippen LogP contribution in [0.15, 0.2) is 11.8 Å². The first-order valence-corrected chi connectivity index (χ1v) is 4.24. The van der Waals surface area contributed by atoms with Crippen LogP contribution in [-0.2, 0) is 14.3 Å². The maximum absolute atomic E-state index is 11.0. The molecule has 13 heavy (non-hydrogen) atoms. The van der Waals surface area contributed by atoms with E-state index in [0.29, 0.717) is 5.76 Å². The summed E-state index contributed by atoms with van der Waals surface area (Å²) < 4.78 is 9.60. The average Bonchev–Trinajstić information content (AvgIpc) is 2.14. The molecule has 1 N–H and O–H groups in total. The van der Waals surface area contributed by atoms with Crippen molar-refractivity contribution in [3.05, 3.63) is 11.8 Å². The summed E-state index contributed by atoms with van der Waals surface area (Å²) in [6, 6.07) is 0. The fourth-order valence-electron chi connectivity index (χ4n) is 0.808. The second kappa shape index (κ2) is 7.61. The summed E-state index contributed by atoms with van der Waals surface area (Å²) in [5.41, 5.74) is 0. The van der Waals surface area contributed by atoms with Crippen molar-refractivity contribution in [2.24, 2.45) is 0 Å². The lowest BCUT2D eigenvalue weighted by molar-refractivity contribution is -0.144. The Morgan fingerprint density at radius 3 is 2.69 bits per heavy atom. The van der Waals surface area contributed by atoms with Crippen LogP contribution in [0, 0.1) is 0 Å². The van der Waals surface area contributed by atoms with Gasteiger partial charge in [0.05, 0.1) is 13.7 Å². The Bertz CT molecular complexity index is 174. The van der Waals surface area contributed by atoms with E-state index in [2.05, 4.69) is 4.74 Å². The molecule has 0 aliphatic heterocycles. The Balaban J connectivity index is 3.80.